The van der Waals surface area contributed by atoms with Crippen LogP contribution < -0.4 is 0 Å². The first-order valence-electron chi connectivity index (χ1n) is 10.9. The van der Waals surface area contributed by atoms with Crippen LogP contribution in [0.1, 0.15) is 36.3 Å². The van der Waals surface area contributed by atoms with Gasteiger partial charge in [-0.25, -0.2) is 21.2 Å². The Morgan fingerprint density at radius 1 is 0.800 bits per heavy atom. The average molecular weight is 515 g/mol. The number of ketones is 1. The van der Waals surface area contributed by atoms with Crippen LogP contribution in [0.5, 0.6) is 0 Å². The van der Waals surface area contributed by atoms with E-state index in [1.807, 2.05) is 0 Å². The minimum Gasteiger partial charge on any atom is -0.303 e. The molecule has 9 heteroatoms. The molecule has 0 fully saturated rings. The van der Waals surface area contributed by atoms with Gasteiger partial charge in [0.15, 0.2) is 0 Å². The predicted molar refractivity (Wildman–Crippen MR) is 128 cm³/mol. The zero-order valence-corrected chi connectivity index (χ0v) is 20.4. The highest BCUT2D eigenvalue weighted by Gasteiger charge is 2.67. The molecule has 1 aliphatic rings. The molecule has 0 radical (unpaired) electrons. The third-order valence-electron chi connectivity index (χ3n) is 6.46. The Balaban J connectivity index is 2.08. The average Bonchev–Trinajstić information content (AvgIpc) is 3.17. The molecule has 0 amide bonds. The van der Waals surface area contributed by atoms with Crippen molar-refractivity contribution >= 4 is 31.7 Å². The molecule has 3 aromatic carbocycles. The Morgan fingerprint density at radius 3 is 1.66 bits per heavy atom. The highest BCUT2D eigenvalue weighted by atomic mass is 32.3. The van der Waals surface area contributed by atoms with E-state index >= 15 is 4.39 Å². The van der Waals surface area contributed by atoms with Crippen molar-refractivity contribution < 1.29 is 30.8 Å². The van der Waals surface area contributed by atoms with Gasteiger partial charge in [0.05, 0.1) is 15.7 Å². The van der Waals surface area contributed by atoms with Gasteiger partial charge in [-0.3, -0.25) is 0 Å². The molecule has 6 nitrogen and oxygen atoms in total. The summed E-state index contributed by atoms with van der Waals surface area (Å²) in [5.41, 5.74) is 0.468. The van der Waals surface area contributed by atoms with Gasteiger partial charge in [0.1, 0.15) is 12.1 Å². The number of aldehydes is 1. The standard InChI is InChI=1S/C26H23FO6S2/c1-18(29)16-23-21-14-8-9-15-22(21)25(24(23)17-28)26(27,34(30,31)19-10-4-2-5-11-19)35(32,33)20-12-6-3-7-13-20/h2-15,17,23-25H,16H2,1H3/t23-,24+,25+/m0/s1. The first-order chi connectivity index (χ1) is 16.6. The molecule has 3 atom stereocenters. The number of fused-ring (bicyclic) bond motifs is 1. The van der Waals surface area contributed by atoms with E-state index in [0.717, 1.165) is 24.3 Å². The fourth-order valence-corrected chi connectivity index (χ4v) is 9.57. The number of carbonyl (C=O) groups excluding carboxylic acids is 2. The normalized spacial score (nSPS) is 20.2. The van der Waals surface area contributed by atoms with Crippen LogP contribution in [0.3, 0.4) is 0 Å². The summed E-state index contributed by atoms with van der Waals surface area (Å²) in [5, 5.41) is 0. The van der Waals surface area contributed by atoms with Crippen LogP contribution in [0.15, 0.2) is 94.7 Å². The summed E-state index contributed by atoms with van der Waals surface area (Å²) in [6, 6.07) is 19.1. The summed E-state index contributed by atoms with van der Waals surface area (Å²) in [5.74, 6) is -4.45. The highest BCUT2D eigenvalue weighted by Crippen LogP contribution is 2.58. The van der Waals surface area contributed by atoms with Crippen molar-refractivity contribution in [2.24, 2.45) is 5.92 Å². The van der Waals surface area contributed by atoms with Gasteiger partial charge in [-0.15, -0.1) is 0 Å². The fraction of sp³-hybridized carbons (Fsp3) is 0.231. The van der Waals surface area contributed by atoms with Gasteiger partial charge in [-0.1, -0.05) is 60.7 Å². The molecule has 35 heavy (non-hydrogen) atoms. The van der Waals surface area contributed by atoms with Crippen LogP contribution in [-0.4, -0.2) is 33.2 Å². The van der Waals surface area contributed by atoms with E-state index in [0.29, 0.717) is 11.8 Å². The van der Waals surface area contributed by atoms with Crippen molar-refractivity contribution in [2.45, 2.75) is 39.3 Å². The molecule has 0 spiro atoms. The van der Waals surface area contributed by atoms with Crippen LogP contribution in [0.2, 0.25) is 0 Å². The van der Waals surface area contributed by atoms with Crippen LogP contribution in [-0.2, 0) is 29.3 Å². The van der Waals surface area contributed by atoms with Gasteiger partial charge >= 0.3 is 4.33 Å². The molecule has 182 valence electrons. The van der Waals surface area contributed by atoms with E-state index in [2.05, 4.69) is 0 Å². The van der Waals surface area contributed by atoms with Gasteiger partial charge in [0.2, 0.25) is 19.7 Å². The maximum absolute atomic E-state index is 17.6. The van der Waals surface area contributed by atoms with E-state index < -0.39 is 51.6 Å². The van der Waals surface area contributed by atoms with Crippen molar-refractivity contribution in [3.05, 3.63) is 96.1 Å². The summed E-state index contributed by atoms with van der Waals surface area (Å²) >= 11 is 0. The maximum Gasteiger partial charge on any atom is 0.325 e. The minimum atomic E-state index is -5.23. The van der Waals surface area contributed by atoms with Crippen molar-refractivity contribution in [1.29, 1.82) is 0 Å². The SMILES string of the molecule is CC(=O)C[C@H]1c2ccccc2[C@@H](C(F)(S(=O)(=O)c2ccccc2)S(=O)(=O)c2ccccc2)[C@@H]1C=O. The van der Waals surface area contributed by atoms with Crippen molar-refractivity contribution in [2.75, 3.05) is 0 Å². The fourth-order valence-electron chi connectivity index (χ4n) is 4.92. The Morgan fingerprint density at radius 2 is 1.23 bits per heavy atom. The zero-order chi connectivity index (χ0) is 25.4. The number of sulfone groups is 2. The van der Waals surface area contributed by atoms with Crippen molar-refractivity contribution in [1.82, 2.24) is 0 Å². The topological polar surface area (TPSA) is 102 Å². The number of carbonyl (C=O) groups is 2. The molecule has 3 aromatic rings. The number of halogens is 1. The molecule has 0 saturated heterocycles. The first-order valence-corrected chi connectivity index (χ1v) is 13.9. The molecule has 1 aliphatic carbocycles. The molecule has 0 saturated carbocycles. The lowest BCUT2D eigenvalue weighted by molar-refractivity contribution is -0.118. The number of hydrogen-bond acceptors (Lipinski definition) is 6. The molecular weight excluding hydrogens is 491 g/mol. The summed E-state index contributed by atoms with van der Waals surface area (Å²) < 4.78 is 69.4. The Hall–Kier alpha value is -3.17. The molecule has 0 aliphatic heterocycles. The zero-order valence-electron chi connectivity index (χ0n) is 18.7. The van der Waals surface area contributed by atoms with Crippen LogP contribution in [0.4, 0.5) is 4.39 Å². The maximum atomic E-state index is 17.6. The lowest BCUT2D eigenvalue weighted by Gasteiger charge is -2.34. The third-order valence-corrected chi connectivity index (χ3v) is 11.5. The molecule has 0 heterocycles. The lowest BCUT2D eigenvalue weighted by atomic mass is 9.85. The van der Waals surface area contributed by atoms with Crippen LogP contribution >= 0.6 is 0 Å². The second-order valence-corrected chi connectivity index (χ2v) is 13.0. The third kappa shape index (κ3) is 3.83. The largest absolute Gasteiger partial charge is 0.325 e. The molecule has 4 rings (SSSR count). The Bertz CT molecular complexity index is 1400. The quantitative estimate of drug-likeness (QED) is 0.417. The number of rotatable bonds is 8. The van der Waals surface area contributed by atoms with Gasteiger partial charge in [0, 0.05) is 18.3 Å². The molecule has 0 unspecified atom stereocenters. The second kappa shape index (κ2) is 9.13. The van der Waals surface area contributed by atoms with Gasteiger partial charge < -0.3 is 9.59 Å². The molecule has 0 bridgehead atoms. The Labute approximate surface area is 203 Å². The van der Waals surface area contributed by atoms with Crippen LogP contribution in [0.25, 0.3) is 0 Å². The van der Waals surface area contributed by atoms with Crippen LogP contribution in [0, 0.1) is 5.92 Å². The van der Waals surface area contributed by atoms with Crippen molar-refractivity contribution in [3.8, 4) is 0 Å². The van der Waals surface area contributed by atoms with Gasteiger partial charge in [0.25, 0.3) is 0 Å². The summed E-state index contributed by atoms with van der Waals surface area (Å²) in [7, 11) is -10.5. The smallest absolute Gasteiger partial charge is 0.303 e. The summed E-state index contributed by atoms with van der Waals surface area (Å²) in [6.07, 6.45) is 0.206. The number of hydrogen-bond donors (Lipinski definition) is 0. The van der Waals surface area contributed by atoms with E-state index in [9.17, 15) is 26.4 Å². The Kier molecular flexibility index (Phi) is 6.50. The van der Waals surface area contributed by atoms with E-state index in [1.165, 1.54) is 55.5 Å². The molecule has 0 aromatic heterocycles. The van der Waals surface area contributed by atoms with Crippen molar-refractivity contribution in [3.63, 3.8) is 0 Å². The number of benzene rings is 3. The van der Waals surface area contributed by atoms with Gasteiger partial charge in [-0.2, -0.15) is 0 Å². The monoisotopic (exact) mass is 514 g/mol. The number of alkyl halides is 1. The summed E-state index contributed by atoms with van der Waals surface area (Å²) in [6.45, 7) is 1.31. The highest BCUT2D eigenvalue weighted by molar-refractivity contribution is 8.10. The molecular formula is C26H23FO6S2. The molecule has 0 N–H and O–H groups in total. The summed E-state index contributed by atoms with van der Waals surface area (Å²) in [4.78, 5) is 23.3. The minimum absolute atomic E-state index is 0.0809. The van der Waals surface area contributed by atoms with E-state index in [4.69, 9.17) is 0 Å². The van der Waals surface area contributed by atoms with Gasteiger partial charge in [-0.05, 0) is 42.3 Å². The predicted octanol–water partition coefficient (Wildman–Crippen LogP) is 4.23. The van der Waals surface area contributed by atoms with E-state index in [-0.39, 0.29) is 17.8 Å². The second-order valence-electron chi connectivity index (χ2n) is 8.55. The lowest BCUT2D eigenvalue weighted by Crippen LogP contribution is -2.49. The van der Waals surface area contributed by atoms with E-state index in [1.54, 1.807) is 12.1 Å². The first kappa shape index (κ1) is 24.9. The number of Topliss-reactive ketones (excluding diaryl/α,β-unsaturated/α-hetero) is 1.